The number of thiazole rings is 1. The number of H-pyrrole nitrogens is 1. The van der Waals surface area contributed by atoms with Gasteiger partial charge in [0, 0.05) is 11.4 Å². The predicted octanol–water partition coefficient (Wildman–Crippen LogP) is 1.05. The Hall–Kier alpha value is -1.45. The summed E-state index contributed by atoms with van der Waals surface area (Å²) in [5.41, 5.74) is 7.08. The lowest BCUT2D eigenvalue weighted by Gasteiger charge is -2.05. The normalized spacial score (nSPS) is 11.8. The van der Waals surface area contributed by atoms with Gasteiger partial charge >= 0.3 is 0 Å². The maximum atomic E-state index is 12.3. The van der Waals surface area contributed by atoms with Crippen LogP contribution in [-0.2, 0) is 16.6 Å². The van der Waals surface area contributed by atoms with Gasteiger partial charge < -0.3 is 5.73 Å². The first kappa shape index (κ1) is 14.0. The molecule has 0 aliphatic rings. The number of aromatic nitrogens is 3. The van der Waals surface area contributed by atoms with Gasteiger partial charge in [-0.3, -0.25) is 9.82 Å². The zero-order valence-electron chi connectivity index (χ0n) is 10.8. The van der Waals surface area contributed by atoms with E-state index in [1.807, 2.05) is 13.8 Å². The molecule has 0 aliphatic carbocycles. The molecule has 2 aromatic heterocycles. The number of sulfonamides is 1. The molecular formula is C10H15N5O2S2. The Kier molecular flexibility index (Phi) is 3.61. The fourth-order valence-electron chi connectivity index (χ4n) is 1.65. The fourth-order valence-corrected chi connectivity index (χ4v) is 4.07. The van der Waals surface area contributed by atoms with E-state index < -0.39 is 10.0 Å². The summed E-state index contributed by atoms with van der Waals surface area (Å²) in [6.45, 7) is 5.41. The smallest absolute Gasteiger partial charge is 0.267 e. The number of aryl methyl sites for hydroxylation is 3. The van der Waals surface area contributed by atoms with Crippen molar-refractivity contribution in [2.75, 3.05) is 4.72 Å². The van der Waals surface area contributed by atoms with E-state index in [0.29, 0.717) is 16.5 Å². The van der Waals surface area contributed by atoms with Gasteiger partial charge in [0.1, 0.15) is 4.90 Å². The zero-order valence-corrected chi connectivity index (χ0v) is 12.4. The third kappa shape index (κ3) is 2.62. The van der Waals surface area contributed by atoms with Gasteiger partial charge in [-0.2, -0.15) is 5.10 Å². The Morgan fingerprint density at radius 2 is 2.05 bits per heavy atom. The van der Waals surface area contributed by atoms with Gasteiger partial charge in [0.25, 0.3) is 10.0 Å². The summed E-state index contributed by atoms with van der Waals surface area (Å²) < 4.78 is 27.1. The quantitative estimate of drug-likeness (QED) is 0.781. The van der Waals surface area contributed by atoms with Gasteiger partial charge in [-0.15, -0.1) is 11.3 Å². The highest BCUT2D eigenvalue weighted by Gasteiger charge is 2.24. The molecule has 0 saturated heterocycles. The molecule has 9 heteroatoms. The van der Waals surface area contributed by atoms with Crippen molar-refractivity contribution in [3.8, 4) is 0 Å². The molecule has 4 N–H and O–H groups in total. The Labute approximate surface area is 115 Å². The number of hydrogen-bond donors (Lipinski definition) is 3. The van der Waals surface area contributed by atoms with Crippen LogP contribution in [0.4, 0.5) is 5.13 Å². The zero-order chi connectivity index (χ0) is 14.2. The predicted molar refractivity (Wildman–Crippen MR) is 73.6 cm³/mol. The van der Waals surface area contributed by atoms with E-state index in [9.17, 15) is 8.42 Å². The first-order valence-corrected chi connectivity index (χ1v) is 7.86. The maximum Gasteiger partial charge on any atom is 0.267 e. The summed E-state index contributed by atoms with van der Waals surface area (Å²) in [7, 11) is -3.72. The van der Waals surface area contributed by atoms with Gasteiger partial charge in [-0.25, -0.2) is 13.4 Å². The lowest BCUT2D eigenvalue weighted by atomic mass is 10.4. The topological polar surface area (TPSA) is 114 Å². The Bertz CT molecular complexity index is 682. The molecule has 104 valence electrons. The molecule has 2 aromatic rings. The molecule has 19 heavy (non-hydrogen) atoms. The highest BCUT2D eigenvalue weighted by Crippen LogP contribution is 2.25. The van der Waals surface area contributed by atoms with Crippen LogP contribution < -0.4 is 10.5 Å². The molecule has 0 aliphatic heterocycles. The number of rotatable bonds is 4. The number of aromatic amines is 1. The maximum absolute atomic E-state index is 12.3. The van der Waals surface area contributed by atoms with Gasteiger partial charge in [0.2, 0.25) is 0 Å². The molecule has 0 saturated carbocycles. The van der Waals surface area contributed by atoms with E-state index >= 15 is 0 Å². The molecule has 0 spiro atoms. The van der Waals surface area contributed by atoms with Crippen LogP contribution in [0.15, 0.2) is 4.90 Å². The Morgan fingerprint density at radius 1 is 1.37 bits per heavy atom. The van der Waals surface area contributed by atoms with E-state index in [1.54, 1.807) is 6.92 Å². The minimum atomic E-state index is -3.72. The van der Waals surface area contributed by atoms with E-state index in [0.717, 1.165) is 10.6 Å². The number of nitrogens with one attached hydrogen (secondary N) is 2. The van der Waals surface area contributed by atoms with Crippen molar-refractivity contribution < 1.29 is 8.42 Å². The number of hydrogen-bond acceptors (Lipinski definition) is 6. The highest BCUT2D eigenvalue weighted by atomic mass is 32.2. The number of anilines is 1. The summed E-state index contributed by atoms with van der Waals surface area (Å²) in [6.07, 6.45) is 0. The molecule has 0 atom stereocenters. The van der Waals surface area contributed by atoms with Crippen LogP contribution in [0.2, 0.25) is 0 Å². The standard InChI is InChI=1S/C10H15N5O2S2/c1-5-7(3)18-10(12-5)15-19(16,17)9-6(2)13-14-8(9)4-11/h4,11H2,1-3H3,(H,12,15)(H,13,14). The number of nitrogens with zero attached hydrogens (tertiary/aromatic N) is 2. The second-order valence-electron chi connectivity index (χ2n) is 4.09. The van der Waals surface area contributed by atoms with Crippen molar-refractivity contribution in [1.29, 1.82) is 0 Å². The van der Waals surface area contributed by atoms with E-state index in [4.69, 9.17) is 5.73 Å². The Morgan fingerprint density at radius 3 is 2.58 bits per heavy atom. The molecular weight excluding hydrogens is 286 g/mol. The van der Waals surface area contributed by atoms with Crippen LogP contribution >= 0.6 is 11.3 Å². The van der Waals surface area contributed by atoms with Gasteiger partial charge in [-0.05, 0) is 20.8 Å². The molecule has 2 rings (SSSR count). The van der Waals surface area contributed by atoms with Crippen molar-refractivity contribution in [1.82, 2.24) is 15.2 Å². The van der Waals surface area contributed by atoms with Crippen molar-refractivity contribution in [2.45, 2.75) is 32.2 Å². The summed E-state index contributed by atoms with van der Waals surface area (Å²) in [4.78, 5) is 5.23. The average Bonchev–Trinajstić information content (AvgIpc) is 2.82. The lowest BCUT2D eigenvalue weighted by molar-refractivity contribution is 0.599. The Balaban J connectivity index is 2.40. The van der Waals surface area contributed by atoms with Crippen molar-refractivity contribution in [2.24, 2.45) is 5.73 Å². The van der Waals surface area contributed by atoms with Gasteiger partial charge in [0.15, 0.2) is 5.13 Å². The largest absolute Gasteiger partial charge is 0.325 e. The van der Waals surface area contributed by atoms with E-state index in [1.165, 1.54) is 11.3 Å². The van der Waals surface area contributed by atoms with Gasteiger partial charge in [0.05, 0.1) is 17.1 Å². The molecule has 0 amide bonds. The molecule has 2 heterocycles. The minimum absolute atomic E-state index is 0.0521. The summed E-state index contributed by atoms with van der Waals surface area (Å²) in [5.74, 6) is 0. The molecule has 7 nitrogen and oxygen atoms in total. The van der Waals surface area contributed by atoms with Crippen molar-refractivity contribution in [3.63, 3.8) is 0 Å². The van der Waals surface area contributed by atoms with E-state index in [-0.39, 0.29) is 11.4 Å². The minimum Gasteiger partial charge on any atom is -0.325 e. The van der Waals surface area contributed by atoms with Crippen LogP contribution in [0.5, 0.6) is 0 Å². The van der Waals surface area contributed by atoms with Crippen LogP contribution in [0.1, 0.15) is 22.0 Å². The monoisotopic (exact) mass is 301 g/mol. The van der Waals surface area contributed by atoms with Gasteiger partial charge in [-0.1, -0.05) is 0 Å². The second kappa shape index (κ2) is 4.91. The molecule has 0 unspecified atom stereocenters. The fraction of sp³-hybridized carbons (Fsp3) is 0.400. The van der Waals surface area contributed by atoms with Crippen LogP contribution in [0, 0.1) is 20.8 Å². The first-order valence-electron chi connectivity index (χ1n) is 5.56. The second-order valence-corrected chi connectivity index (χ2v) is 6.92. The van der Waals surface area contributed by atoms with Crippen LogP contribution in [-0.4, -0.2) is 23.6 Å². The molecule has 0 bridgehead atoms. The molecule has 0 radical (unpaired) electrons. The summed E-state index contributed by atoms with van der Waals surface area (Å²) >= 11 is 1.29. The number of nitrogens with two attached hydrogens (primary N) is 1. The summed E-state index contributed by atoms with van der Waals surface area (Å²) in [5, 5.41) is 6.86. The molecule has 0 fully saturated rings. The average molecular weight is 301 g/mol. The van der Waals surface area contributed by atoms with E-state index in [2.05, 4.69) is 19.9 Å². The van der Waals surface area contributed by atoms with Crippen LogP contribution in [0.25, 0.3) is 0 Å². The third-order valence-electron chi connectivity index (χ3n) is 2.67. The lowest BCUT2D eigenvalue weighted by Crippen LogP contribution is -2.16. The van der Waals surface area contributed by atoms with Crippen LogP contribution in [0.3, 0.4) is 0 Å². The third-order valence-corrected chi connectivity index (χ3v) is 5.33. The molecule has 0 aromatic carbocycles. The summed E-state index contributed by atoms with van der Waals surface area (Å²) in [6, 6.07) is 0. The SMILES string of the molecule is Cc1nc(NS(=O)(=O)c2c(CN)n[nH]c2C)sc1C. The van der Waals surface area contributed by atoms with Crippen molar-refractivity contribution >= 4 is 26.5 Å². The first-order chi connectivity index (χ1) is 8.85. The van der Waals surface area contributed by atoms with Crippen molar-refractivity contribution in [3.05, 3.63) is 22.0 Å². The highest BCUT2D eigenvalue weighted by molar-refractivity contribution is 7.93.